The normalized spacial score (nSPS) is 10.9. The van der Waals surface area contributed by atoms with E-state index in [0.717, 1.165) is 18.7 Å². The molecule has 9 nitrogen and oxygen atoms in total. The van der Waals surface area contributed by atoms with Crippen molar-refractivity contribution in [2.75, 3.05) is 46.5 Å². The number of quaternary nitrogens is 1. The van der Waals surface area contributed by atoms with Crippen LogP contribution in [0.3, 0.4) is 0 Å². The molecule has 9 heteroatoms. The van der Waals surface area contributed by atoms with Gasteiger partial charge in [-0.05, 0) is 63.5 Å². The van der Waals surface area contributed by atoms with Crippen molar-refractivity contribution in [2.24, 2.45) is 0 Å². The maximum absolute atomic E-state index is 12.3. The molecule has 5 N–H and O–H groups in total. The zero-order chi connectivity index (χ0) is 25.2. The van der Waals surface area contributed by atoms with Crippen molar-refractivity contribution in [1.82, 2.24) is 19.8 Å². The molecule has 0 radical (unpaired) electrons. The van der Waals surface area contributed by atoms with Gasteiger partial charge in [-0.3, -0.25) is 15.5 Å². The molecule has 3 aromatic rings. The van der Waals surface area contributed by atoms with Crippen molar-refractivity contribution >= 4 is 23.3 Å². The summed E-state index contributed by atoms with van der Waals surface area (Å²) in [5.41, 5.74) is 7.53. The summed E-state index contributed by atoms with van der Waals surface area (Å²) in [7, 11) is 5.80. The van der Waals surface area contributed by atoms with Gasteiger partial charge in [-0.1, -0.05) is 18.2 Å². The van der Waals surface area contributed by atoms with Crippen molar-refractivity contribution in [1.29, 1.82) is 5.41 Å². The van der Waals surface area contributed by atoms with Crippen LogP contribution in [0.1, 0.15) is 24.0 Å². The first-order valence-electron chi connectivity index (χ1n) is 11.6. The number of nitrogens with one attached hydrogen (secondary N) is 1. The van der Waals surface area contributed by atoms with E-state index in [1.165, 1.54) is 6.33 Å². The van der Waals surface area contributed by atoms with Gasteiger partial charge in [0, 0.05) is 19.0 Å². The van der Waals surface area contributed by atoms with Crippen molar-refractivity contribution < 1.29 is 14.8 Å². The highest BCUT2D eigenvalue weighted by Gasteiger charge is 2.20. The minimum atomic E-state index is 0.119. The first kappa shape index (κ1) is 25.8. The van der Waals surface area contributed by atoms with Crippen molar-refractivity contribution in [2.45, 2.75) is 12.8 Å². The number of rotatable bonds is 12. The fourth-order valence-corrected chi connectivity index (χ4v) is 3.54. The summed E-state index contributed by atoms with van der Waals surface area (Å²) in [5.74, 6) is 2.37. The van der Waals surface area contributed by atoms with E-state index in [1.807, 2.05) is 81.1 Å². The molecule has 0 fully saturated rings. The highest BCUT2D eigenvalue weighted by molar-refractivity contribution is 6.15. The highest BCUT2D eigenvalue weighted by atomic mass is 16.5. The van der Waals surface area contributed by atoms with Gasteiger partial charge in [-0.15, -0.1) is 0 Å². The van der Waals surface area contributed by atoms with E-state index in [4.69, 9.17) is 15.9 Å². The molecule has 3 rings (SSSR count). The van der Waals surface area contributed by atoms with Gasteiger partial charge in [-0.25, -0.2) is 4.98 Å². The molecule has 2 aromatic carbocycles. The van der Waals surface area contributed by atoms with Crippen LogP contribution in [0.5, 0.6) is 11.5 Å². The number of carbonyl (C=O) groups excluding carboxylic acids is 1. The molecule has 0 aliphatic heterocycles. The van der Waals surface area contributed by atoms with Gasteiger partial charge >= 0.3 is 0 Å². The first-order valence-corrected chi connectivity index (χ1v) is 11.6. The topological polar surface area (TPSA) is 125 Å². The molecule has 0 atom stereocenters. The fraction of sp³-hybridized carbons (Fsp3) is 0.308. The standard InChI is InChI=1S/C26H33N7O2/c1-32(2)16-7-10-22(34)33(3)17-15-29-26-23(25(28)30-18-31-26)24(27)19-11-13-21(14-12-19)35-20-8-5-4-6-9-20/h4-6,8-9,11-14,18,27H,7,10,15-17H2,1-3H3,(H3,28,29,30,31)/p+1. The zero-order valence-electron chi connectivity index (χ0n) is 20.6. The molecule has 1 aromatic heterocycles. The minimum absolute atomic E-state index is 0.119. The van der Waals surface area contributed by atoms with E-state index in [2.05, 4.69) is 14.9 Å². The molecule has 35 heavy (non-hydrogen) atoms. The second kappa shape index (κ2) is 12.6. The quantitative estimate of drug-likeness (QED) is 0.344. The molecular weight excluding hydrogens is 442 g/mol. The Morgan fingerprint density at radius 3 is 2.37 bits per heavy atom. The van der Waals surface area contributed by atoms with Crippen LogP contribution in [-0.4, -0.2) is 72.2 Å². The van der Waals surface area contributed by atoms with Gasteiger partial charge < -0.3 is 20.3 Å². The number of para-hydroxylation sites is 1. The number of nitrogens with zero attached hydrogens (tertiary/aromatic N) is 4. The van der Waals surface area contributed by atoms with Gasteiger partial charge in [0.05, 0.1) is 18.8 Å². The zero-order valence-corrected chi connectivity index (χ0v) is 20.6. The number of carbonyl (C=O) groups is 1. The predicted molar refractivity (Wildman–Crippen MR) is 137 cm³/mol. The number of anilines is 1. The number of nitrogen functional groups attached to an aromatic ring is 1. The number of hydrogen-bond acceptors (Lipinski definition) is 7. The highest BCUT2D eigenvalue weighted by Crippen LogP contribution is 2.24. The maximum Gasteiger partial charge on any atom is 0.239 e. The second-order valence-electron chi connectivity index (χ2n) is 8.55. The van der Waals surface area contributed by atoms with E-state index in [9.17, 15) is 4.79 Å². The van der Waals surface area contributed by atoms with Crippen LogP contribution in [0.2, 0.25) is 0 Å². The smallest absolute Gasteiger partial charge is 0.239 e. The summed E-state index contributed by atoms with van der Waals surface area (Å²) in [6.07, 6.45) is 2.75. The number of benzene rings is 2. The minimum Gasteiger partial charge on any atom is -0.457 e. The van der Waals surface area contributed by atoms with Gasteiger partial charge in [-0.2, -0.15) is 4.98 Å². The average molecular weight is 477 g/mol. The number of nitrogens with two attached hydrogens (primary N) is 2. The van der Waals surface area contributed by atoms with Gasteiger partial charge in [0.2, 0.25) is 11.7 Å². The number of ether oxygens (including phenoxy) is 1. The third kappa shape index (κ3) is 7.59. The van der Waals surface area contributed by atoms with E-state index in [0.29, 0.717) is 42.2 Å². The molecule has 0 aliphatic carbocycles. The van der Waals surface area contributed by atoms with Crippen molar-refractivity contribution in [3.05, 3.63) is 72.1 Å². The number of hydrogen-bond donors (Lipinski definition) is 3. The van der Waals surface area contributed by atoms with Crippen molar-refractivity contribution in [3.8, 4) is 11.5 Å². The van der Waals surface area contributed by atoms with Gasteiger partial charge in [0.15, 0.2) is 0 Å². The van der Waals surface area contributed by atoms with Crippen LogP contribution >= 0.6 is 0 Å². The summed E-state index contributed by atoms with van der Waals surface area (Å²) in [6.45, 7) is 2.04. The lowest BCUT2D eigenvalue weighted by Crippen LogP contribution is -2.80. The molecule has 0 saturated heterocycles. The molecule has 184 valence electrons. The lowest BCUT2D eigenvalue weighted by Gasteiger charge is -2.17. The Balaban J connectivity index is 1.62. The Labute approximate surface area is 206 Å². The molecule has 0 aliphatic rings. The van der Waals surface area contributed by atoms with Crippen LogP contribution < -0.4 is 15.8 Å². The number of aromatic nitrogens is 2. The Morgan fingerprint density at radius 2 is 1.69 bits per heavy atom. The van der Waals surface area contributed by atoms with Crippen molar-refractivity contribution in [3.63, 3.8) is 0 Å². The second-order valence-corrected chi connectivity index (χ2v) is 8.55. The maximum atomic E-state index is 12.3. The van der Waals surface area contributed by atoms with Gasteiger partial charge in [0.25, 0.3) is 0 Å². The molecule has 0 unspecified atom stereocenters. The van der Waals surface area contributed by atoms with Crippen LogP contribution in [0.4, 0.5) is 11.6 Å². The molecule has 0 saturated carbocycles. The predicted octanol–water partition coefficient (Wildman–Crippen LogP) is 2.26. The van der Waals surface area contributed by atoms with Gasteiger partial charge in [0.1, 0.15) is 29.2 Å². The van der Waals surface area contributed by atoms with E-state index in [-0.39, 0.29) is 17.4 Å². The summed E-state index contributed by atoms with van der Waals surface area (Å²) in [6, 6.07) is 16.8. The van der Waals surface area contributed by atoms with Crippen LogP contribution in [0.25, 0.3) is 0 Å². The summed E-state index contributed by atoms with van der Waals surface area (Å²) >= 11 is 0. The SMILES string of the molecule is CN(C)CCCC(=O)N(C)CC[NH2+]c1ncnc(N)c1C(=N)c1ccc(Oc2ccccc2)cc1. The molecule has 0 bridgehead atoms. The number of likely N-dealkylation sites (N-methyl/N-ethyl adjacent to an activating group) is 1. The average Bonchev–Trinajstić information content (AvgIpc) is 2.84. The molecular formula is C26H34N7O2+. The Morgan fingerprint density at radius 1 is 1.00 bits per heavy atom. The van der Waals surface area contributed by atoms with Crippen LogP contribution in [-0.2, 0) is 4.79 Å². The molecule has 1 heterocycles. The third-order valence-corrected chi connectivity index (χ3v) is 5.50. The lowest BCUT2D eigenvalue weighted by atomic mass is 10.0. The fourth-order valence-electron chi connectivity index (χ4n) is 3.54. The van der Waals surface area contributed by atoms with E-state index in [1.54, 1.807) is 4.90 Å². The summed E-state index contributed by atoms with van der Waals surface area (Å²) < 4.78 is 5.84. The Bertz CT molecular complexity index is 1120. The van der Waals surface area contributed by atoms with Crippen LogP contribution in [0.15, 0.2) is 60.9 Å². The molecule has 1 amide bonds. The summed E-state index contributed by atoms with van der Waals surface area (Å²) in [4.78, 5) is 24.6. The monoisotopic (exact) mass is 476 g/mol. The largest absolute Gasteiger partial charge is 0.457 e. The Kier molecular flexibility index (Phi) is 9.28. The van der Waals surface area contributed by atoms with E-state index >= 15 is 0 Å². The van der Waals surface area contributed by atoms with Crippen LogP contribution in [0, 0.1) is 5.41 Å². The summed E-state index contributed by atoms with van der Waals surface area (Å²) in [5, 5.41) is 10.7. The first-order chi connectivity index (χ1) is 16.8. The lowest BCUT2D eigenvalue weighted by molar-refractivity contribution is -0.574. The van der Waals surface area contributed by atoms with E-state index < -0.39 is 0 Å². The number of amides is 1. The Hall–Kier alpha value is -3.82. The third-order valence-electron chi connectivity index (χ3n) is 5.50. The molecule has 0 spiro atoms.